The van der Waals surface area contributed by atoms with Crippen LogP contribution in [-0.4, -0.2) is 11.3 Å². The molecule has 0 bridgehead atoms. The average Bonchev–Trinajstić information content (AvgIpc) is 2.10. The number of hydrogen-bond donors (Lipinski definition) is 0. The molecule has 0 aromatic carbocycles. The molecule has 52 valence electrons. The SMILES string of the molecule is C=C.O=Cc1ccccn1. The van der Waals surface area contributed by atoms with Gasteiger partial charge in [-0.15, -0.1) is 13.2 Å². The van der Waals surface area contributed by atoms with E-state index < -0.39 is 0 Å². The smallest absolute Gasteiger partial charge is 0.168 e. The van der Waals surface area contributed by atoms with Crippen LogP contribution in [0.4, 0.5) is 0 Å². The Hall–Kier alpha value is -1.44. The number of hydrogen-bond acceptors (Lipinski definition) is 2. The first-order valence-corrected chi connectivity index (χ1v) is 2.79. The minimum absolute atomic E-state index is 0.479. The summed E-state index contributed by atoms with van der Waals surface area (Å²) in [7, 11) is 0. The predicted octanol–water partition coefficient (Wildman–Crippen LogP) is 1.70. The molecule has 0 aliphatic rings. The second kappa shape index (κ2) is 5.69. The average molecular weight is 135 g/mol. The fourth-order valence-electron chi connectivity index (χ4n) is 0.446. The quantitative estimate of drug-likeness (QED) is 0.433. The van der Waals surface area contributed by atoms with E-state index in [1.165, 1.54) is 0 Å². The van der Waals surface area contributed by atoms with E-state index in [9.17, 15) is 4.79 Å². The number of aldehydes is 1. The molecule has 1 aromatic heterocycles. The van der Waals surface area contributed by atoms with Crippen LogP contribution in [0, 0.1) is 0 Å². The third-order valence-electron chi connectivity index (χ3n) is 0.809. The molecule has 0 amide bonds. The molecule has 1 heterocycles. The van der Waals surface area contributed by atoms with E-state index in [0.717, 1.165) is 6.29 Å². The zero-order valence-corrected chi connectivity index (χ0v) is 5.66. The molecule has 10 heavy (non-hydrogen) atoms. The Bertz CT molecular complexity index is 184. The summed E-state index contributed by atoms with van der Waals surface area (Å²) in [6, 6.07) is 5.21. The van der Waals surface area contributed by atoms with Gasteiger partial charge in [0.15, 0.2) is 6.29 Å². The van der Waals surface area contributed by atoms with Gasteiger partial charge in [-0.1, -0.05) is 6.07 Å². The summed E-state index contributed by atoms with van der Waals surface area (Å²) >= 11 is 0. The molecule has 0 saturated heterocycles. The molecule has 2 nitrogen and oxygen atoms in total. The van der Waals surface area contributed by atoms with Crippen LogP contribution in [0.3, 0.4) is 0 Å². The summed E-state index contributed by atoms with van der Waals surface area (Å²) in [6.07, 6.45) is 2.31. The first-order valence-electron chi connectivity index (χ1n) is 2.79. The van der Waals surface area contributed by atoms with Crippen molar-refractivity contribution in [3.63, 3.8) is 0 Å². The second-order valence-electron chi connectivity index (χ2n) is 1.37. The van der Waals surface area contributed by atoms with Crippen LogP contribution in [0.1, 0.15) is 10.5 Å². The molecule has 2 heteroatoms. The Balaban J connectivity index is 0.000000371. The molecule has 0 aliphatic heterocycles. The van der Waals surface area contributed by atoms with Crippen LogP contribution in [0.5, 0.6) is 0 Å². The summed E-state index contributed by atoms with van der Waals surface area (Å²) in [5.74, 6) is 0. The summed E-state index contributed by atoms with van der Waals surface area (Å²) in [5.41, 5.74) is 0.479. The highest BCUT2D eigenvalue weighted by atomic mass is 16.1. The molecule has 0 saturated carbocycles. The van der Waals surface area contributed by atoms with Crippen molar-refractivity contribution >= 4 is 6.29 Å². The lowest BCUT2D eigenvalue weighted by atomic mass is 10.4. The van der Waals surface area contributed by atoms with Crippen LogP contribution in [-0.2, 0) is 0 Å². The number of carbonyl (C=O) groups is 1. The molecule has 0 atom stereocenters. The van der Waals surface area contributed by atoms with E-state index in [0.29, 0.717) is 5.69 Å². The zero-order chi connectivity index (χ0) is 7.82. The molecule has 1 aromatic rings. The Morgan fingerprint density at radius 3 is 2.40 bits per heavy atom. The number of nitrogens with zero attached hydrogens (tertiary/aromatic N) is 1. The Kier molecular flexibility index (Phi) is 4.87. The molecule has 0 fully saturated rings. The van der Waals surface area contributed by atoms with Crippen LogP contribution in [0.25, 0.3) is 0 Å². The van der Waals surface area contributed by atoms with Gasteiger partial charge in [0.1, 0.15) is 5.69 Å². The topological polar surface area (TPSA) is 30.0 Å². The standard InChI is InChI=1S/C6H5NO.C2H4/c8-5-6-3-1-2-4-7-6;1-2/h1-5H;1-2H2. The van der Waals surface area contributed by atoms with Gasteiger partial charge in [0.2, 0.25) is 0 Å². The van der Waals surface area contributed by atoms with Crippen molar-refractivity contribution in [2.24, 2.45) is 0 Å². The minimum Gasteiger partial charge on any atom is -0.296 e. The van der Waals surface area contributed by atoms with Crippen molar-refractivity contribution < 1.29 is 4.79 Å². The maximum Gasteiger partial charge on any atom is 0.168 e. The molecule has 0 unspecified atom stereocenters. The van der Waals surface area contributed by atoms with E-state index in [1.54, 1.807) is 24.4 Å². The van der Waals surface area contributed by atoms with E-state index in [-0.39, 0.29) is 0 Å². The summed E-state index contributed by atoms with van der Waals surface area (Å²) in [6.45, 7) is 6.00. The molecule has 0 spiro atoms. The fraction of sp³-hybridized carbons (Fsp3) is 0. The molecule has 0 N–H and O–H groups in total. The van der Waals surface area contributed by atoms with Crippen molar-refractivity contribution in [3.05, 3.63) is 43.2 Å². The van der Waals surface area contributed by atoms with Crippen LogP contribution < -0.4 is 0 Å². The van der Waals surface area contributed by atoms with Gasteiger partial charge in [-0.3, -0.25) is 9.78 Å². The lowest BCUT2D eigenvalue weighted by molar-refractivity contribution is 0.111. The van der Waals surface area contributed by atoms with E-state index >= 15 is 0 Å². The molecule has 0 radical (unpaired) electrons. The van der Waals surface area contributed by atoms with Gasteiger partial charge >= 0.3 is 0 Å². The van der Waals surface area contributed by atoms with Crippen molar-refractivity contribution in [1.29, 1.82) is 0 Å². The monoisotopic (exact) mass is 135 g/mol. The number of carbonyl (C=O) groups excluding carboxylic acids is 1. The van der Waals surface area contributed by atoms with Crippen molar-refractivity contribution in [2.45, 2.75) is 0 Å². The fourth-order valence-corrected chi connectivity index (χ4v) is 0.446. The Morgan fingerprint density at radius 1 is 1.40 bits per heavy atom. The third kappa shape index (κ3) is 2.77. The van der Waals surface area contributed by atoms with Gasteiger partial charge in [0, 0.05) is 6.20 Å². The summed E-state index contributed by atoms with van der Waals surface area (Å²) in [5, 5.41) is 0. The molecular formula is C8H9NO. The minimum atomic E-state index is 0.479. The van der Waals surface area contributed by atoms with Gasteiger partial charge in [-0.2, -0.15) is 0 Å². The van der Waals surface area contributed by atoms with E-state index in [2.05, 4.69) is 18.1 Å². The highest BCUT2D eigenvalue weighted by molar-refractivity contribution is 5.71. The number of rotatable bonds is 1. The molecule has 1 rings (SSSR count). The molecular weight excluding hydrogens is 126 g/mol. The number of pyridine rings is 1. The Labute approximate surface area is 60.2 Å². The maximum absolute atomic E-state index is 9.94. The lowest BCUT2D eigenvalue weighted by Crippen LogP contribution is -1.80. The summed E-state index contributed by atoms with van der Waals surface area (Å²) in [4.78, 5) is 13.7. The highest BCUT2D eigenvalue weighted by Crippen LogP contribution is 1.85. The van der Waals surface area contributed by atoms with Gasteiger partial charge in [0.05, 0.1) is 0 Å². The highest BCUT2D eigenvalue weighted by Gasteiger charge is 1.81. The van der Waals surface area contributed by atoms with Gasteiger partial charge in [-0.25, -0.2) is 0 Å². The van der Waals surface area contributed by atoms with Gasteiger partial charge < -0.3 is 0 Å². The van der Waals surface area contributed by atoms with Crippen LogP contribution in [0.15, 0.2) is 37.6 Å². The van der Waals surface area contributed by atoms with Crippen molar-refractivity contribution in [1.82, 2.24) is 4.98 Å². The lowest BCUT2D eigenvalue weighted by Gasteiger charge is -1.81. The largest absolute Gasteiger partial charge is 0.296 e. The zero-order valence-electron chi connectivity index (χ0n) is 5.66. The first-order chi connectivity index (χ1) is 4.93. The van der Waals surface area contributed by atoms with E-state index in [4.69, 9.17) is 0 Å². The van der Waals surface area contributed by atoms with Crippen LogP contribution in [0.2, 0.25) is 0 Å². The summed E-state index contributed by atoms with van der Waals surface area (Å²) < 4.78 is 0. The van der Waals surface area contributed by atoms with E-state index in [1.807, 2.05) is 0 Å². The third-order valence-corrected chi connectivity index (χ3v) is 0.809. The molecule has 0 aliphatic carbocycles. The maximum atomic E-state index is 9.94. The van der Waals surface area contributed by atoms with Crippen molar-refractivity contribution in [3.8, 4) is 0 Å². The second-order valence-corrected chi connectivity index (χ2v) is 1.37. The van der Waals surface area contributed by atoms with Crippen LogP contribution >= 0.6 is 0 Å². The first kappa shape index (κ1) is 8.56. The van der Waals surface area contributed by atoms with Crippen molar-refractivity contribution in [2.75, 3.05) is 0 Å². The predicted molar refractivity (Wildman–Crippen MR) is 40.9 cm³/mol. The number of aromatic nitrogens is 1. The Morgan fingerprint density at radius 2 is 2.10 bits per heavy atom. The normalized spacial score (nSPS) is 7.20. The van der Waals surface area contributed by atoms with Gasteiger partial charge in [-0.05, 0) is 12.1 Å². The van der Waals surface area contributed by atoms with Gasteiger partial charge in [0.25, 0.3) is 0 Å².